The smallest absolute Gasteiger partial charge is 0.142 e. The summed E-state index contributed by atoms with van der Waals surface area (Å²) in [6, 6.07) is 10.2. The number of ketones is 1. The van der Waals surface area contributed by atoms with Gasteiger partial charge in [-0.15, -0.1) is 0 Å². The topological polar surface area (TPSA) is 55.3 Å². The van der Waals surface area contributed by atoms with Crippen LogP contribution < -0.4 is 4.74 Å². The SMILES string of the molecule is COc1cncc(-c2ccc3cnc(CC(=O)C4CCN(C)CC4)cc3c2)c1. The Bertz CT molecular complexity index is 994. The first-order valence-electron chi connectivity index (χ1n) is 9.72. The van der Waals surface area contributed by atoms with Gasteiger partial charge < -0.3 is 9.64 Å². The third kappa shape index (κ3) is 4.04. The van der Waals surface area contributed by atoms with Gasteiger partial charge in [0.25, 0.3) is 0 Å². The molecule has 5 nitrogen and oxygen atoms in total. The van der Waals surface area contributed by atoms with Crippen molar-refractivity contribution < 1.29 is 9.53 Å². The zero-order valence-electron chi connectivity index (χ0n) is 16.4. The highest BCUT2D eigenvalue weighted by atomic mass is 16.5. The van der Waals surface area contributed by atoms with Crippen molar-refractivity contribution in [1.29, 1.82) is 0 Å². The first kappa shape index (κ1) is 18.6. The third-order valence-electron chi connectivity index (χ3n) is 5.59. The summed E-state index contributed by atoms with van der Waals surface area (Å²) in [5.41, 5.74) is 2.91. The lowest BCUT2D eigenvalue weighted by molar-refractivity contribution is -0.123. The summed E-state index contributed by atoms with van der Waals surface area (Å²) in [5.74, 6) is 1.22. The summed E-state index contributed by atoms with van der Waals surface area (Å²) < 4.78 is 5.28. The maximum atomic E-state index is 12.7. The van der Waals surface area contributed by atoms with Gasteiger partial charge in [-0.05, 0) is 62.1 Å². The van der Waals surface area contributed by atoms with Crippen molar-refractivity contribution in [3.8, 4) is 16.9 Å². The van der Waals surface area contributed by atoms with E-state index in [-0.39, 0.29) is 5.92 Å². The van der Waals surface area contributed by atoms with Crippen LogP contribution in [0.4, 0.5) is 0 Å². The fourth-order valence-electron chi connectivity index (χ4n) is 3.80. The normalized spacial score (nSPS) is 15.6. The van der Waals surface area contributed by atoms with Crippen molar-refractivity contribution in [2.75, 3.05) is 27.2 Å². The number of rotatable bonds is 5. The highest BCUT2D eigenvalue weighted by Crippen LogP contribution is 2.27. The summed E-state index contributed by atoms with van der Waals surface area (Å²) in [6.07, 6.45) is 7.71. The molecule has 0 N–H and O–H groups in total. The number of hydrogen-bond donors (Lipinski definition) is 0. The molecule has 2 aromatic heterocycles. The molecule has 5 heteroatoms. The van der Waals surface area contributed by atoms with E-state index in [1.54, 1.807) is 13.3 Å². The van der Waals surface area contributed by atoms with E-state index < -0.39 is 0 Å². The number of nitrogens with zero attached hydrogens (tertiary/aromatic N) is 3. The Hall–Kier alpha value is -2.79. The largest absolute Gasteiger partial charge is 0.495 e. The molecule has 3 aromatic rings. The summed E-state index contributed by atoms with van der Waals surface area (Å²) in [5, 5.41) is 2.15. The van der Waals surface area contributed by atoms with E-state index in [4.69, 9.17) is 4.74 Å². The number of carbonyl (C=O) groups is 1. The molecule has 0 aliphatic carbocycles. The van der Waals surface area contributed by atoms with Crippen LogP contribution in [0.25, 0.3) is 21.9 Å². The van der Waals surface area contributed by atoms with Crippen molar-refractivity contribution in [2.24, 2.45) is 5.92 Å². The van der Waals surface area contributed by atoms with Gasteiger partial charge in [0.05, 0.1) is 13.3 Å². The van der Waals surface area contributed by atoms with Crippen LogP contribution in [-0.2, 0) is 11.2 Å². The molecule has 1 aliphatic rings. The Morgan fingerprint density at radius 2 is 1.89 bits per heavy atom. The van der Waals surface area contributed by atoms with Gasteiger partial charge in [0.1, 0.15) is 11.5 Å². The fourth-order valence-corrected chi connectivity index (χ4v) is 3.80. The van der Waals surface area contributed by atoms with Crippen LogP contribution in [-0.4, -0.2) is 47.9 Å². The number of methoxy groups -OCH3 is 1. The van der Waals surface area contributed by atoms with E-state index in [1.165, 1.54) is 0 Å². The molecule has 3 heterocycles. The lowest BCUT2D eigenvalue weighted by Gasteiger charge is -2.27. The first-order chi connectivity index (χ1) is 13.6. The number of carbonyl (C=O) groups excluding carboxylic acids is 1. The molecule has 0 saturated carbocycles. The second-order valence-corrected chi connectivity index (χ2v) is 7.57. The van der Waals surface area contributed by atoms with E-state index in [1.807, 2.05) is 24.5 Å². The molecule has 1 aromatic carbocycles. The number of Topliss-reactive ketones (excluding diaryl/α,β-unsaturated/α-hetero) is 1. The number of pyridine rings is 2. The van der Waals surface area contributed by atoms with E-state index in [0.29, 0.717) is 12.2 Å². The predicted octanol–water partition coefficient (Wildman–Crippen LogP) is 3.76. The molecule has 4 rings (SSSR count). The number of fused-ring (bicyclic) bond motifs is 1. The van der Waals surface area contributed by atoms with E-state index in [9.17, 15) is 4.79 Å². The number of hydrogen-bond acceptors (Lipinski definition) is 5. The van der Waals surface area contributed by atoms with Gasteiger partial charge in [-0.2, -0.15) is 0 Å². The number of ether oxygens (including phenoxy) is 1. The van der Waals surface area contributed by atoms with Gasteiger partial charge in [-0.25, -0.2) is 0 Å². The lowest BCUT2D eigenvalue weighted by atomic mass is 9.90. The van der Waals surface area contributed by atoms with Crippen LogP contribution in [0.2, 0.25) is 0 Å². The molecule has 0 bridgehead atoms. The zero-order valence-corrected chi connectivity index (χ0v) is 16.4. The van der Waals surface area contributed by atoms with Crippen LogP contribution in [0.3, 0.4) is 0 Å². The average molecular weight is 375 g/mol. The number of likely N-dealkylation sites (tertiary alicyclic amines) is 1. The molecular formula is C23H25N3O2. The Kier molecular flexibility index (Phi) is 5.35. The van der Waals surface area contributed by atoms with E-state index in [2.05, 4.69) is 40.1 Å². The quantitative estimate of drug-likeness (QED) is 0.680. The Labute approximate surface area is 165 Å². The second-order valence-electron chi connectivity index (χ2n) is 7.57. The molecule has 28 heavy (non-hydrogen) atoms. The van der Waals surface area contributed by atoms with E-state index in [0.717, 1.165) is 59.3 Å². The van der Waals surface area contributed by atoms with Crippen LogP contribution >= 0.6 is 0 Å². The predicted molar refractivity (Wildman–Crippen MR) is 110 cm³/mol. The maximum Gasteiger partial charge on any atom is 0.142 e. The summed E-state index contributed by atoms with van der Waals surface area (Å²) in [7, 11) is 3.75. The van der Waals surface area contributed by atoms with Crippen LogP contribution in [0, 0.1) is 5.92 Å². The lowest BCUT2D eigenvalue weighted by Crippen LogP contribution is -2.34. The minimum Gasteiger partial charge on any atom is -0.495 e. The number of aromatic nitrogens is 2. The second kappa shape index (κ2) is 8.07. The summed E-state index contributed by atoms with van der Waals surface area (Å²) >= 11 is 0. The molecule has 0 atom stereocenters. The molecule has 0 amide bonds. The highest BCUT2D eigenvalue weighted by molar-refractivity contribution is 5.88. The minimum absolute atomic E-state index is 0.169. The molecule has 0 radical (unpaired) electrons. The molecular weight excluding hydrogens is 350 g/mol. The Balaban J connectivity index is 1.56. The molecule has 1 saturated heterocycles. The molecule has 144 valence electrons. The Morgan fingerprint density at radius 1 is 1.07 bits per heavy atom. The van der Waals surface area contributed by atoms with Crippen molar-refractivity contribution in [2.45, 2.75) is 19.3 Å². The number of benzene rings is 1. The van der Waals surface area contributed by atoms with Crippen molar-refractivity contribution in [1.82, 2.24) is 14.9 Å². The van der Waals surface area contributed by atoms with Gasteiger partial charge in [0.2, 0.25) is 0 Å². The van der Waals surface area contributed by atoms with E-state index >= 15 is 0 Å². The zero-order chi connectivity index (χ0) is 19.5. The van der Waals surface area contributed by atoms with Crippen molar-refractivity contribution in [3.63, 3.8) is 0 Å². The van der Waals surface area contributed by atoms with Crippen LogP contribution in [0.5, 0.6) is 5.75 Å². The van der Waals surface area contributed by atoms with Crippen LogP contribution in [0.15, 0.2) is 48.9 Å². The maximum absolute atomic E-state index is 12.7. The molecule has 1 fully saturated rings. The molecule has 0 spiro atoms. The average Bonchev–Trinajstić information content (AvgIpc) is 2.73. The Morgan fingerprint density at radius 3 is 2.68 bits per heavy atom. The van der Waals surface area contributed by atoms with Gasteiger partial charge >= 0.3 is 0 Å². The van der Waals surface area contributed by atoms with Gasteiger partial charge in [0, 0.05) is 41.4 Å². The van der Waals surface area contributed by atoms with Crippen LogP contribution in [0.1, 0.15) is 18.5 Å². The molecule has 0 unspecified atom stereocenters. The highest BCUT2D eigenvalue weighted by Gasteiger charge is 2.23. The summed E-state index contributed by atoms with van der Waals surface area (Å²) in [4.78, 5) is 23.7. The van der Waals surface area contributed by atoms with Gasteiger partial charge in [-0.3, -0.25) is 14.8 Å². The molecule has 1 aliphatic heterocycles. The minimum atomic E-state index is 0.169. The van der Waals surface area contributed by atoms with Crippen molar-refractivity contribution in [3.05, 3.63) is 54.6 Å². The number of piperidine rings is 1. The monoisotopic (exact) mass is 375 g/mol. The summed E-state index contributed by atoms with van der Waals surface area (Å²) in [6.45, 7) is 2.00. The van der Waals surface area contributed by atoms with Gasteiger partial charge in [0.15, 0.2) is 0 Å². The standard InChI is InChI=1S/C23H25N3O2/c1-26-7-5-16(6-8-26)23(27)12-21-10-19-9-17(3-4-18(19)14-25-21)20-11-22(28-2)15-24-13-20/h3-4,9-11,13-16H,5-8,12H2,1-2H3. The fraction of sp³-hybridized carbons (Fsp3) is 0.348. The van der Waals surface area contributed by atoms with Crippen molar-refractivity contribution >= 4 is 16.6 Å². The third-order valence-corrected chi connectivity index (χ3v) is 5.59. The van der Waals surface area contributed by atoms with Gasteiger partial charge in [-0.1, -0.05) is 12.1 Å². The first-order valence-corrected chi connectivity index (χ1v) is 9.72.